The van der Waals surface area contributed by atoms with Crippen molar-refractivity contribution >= 4 is 0 Å². The summed E-state index contributed by atoms with van der Waals surface area (Å²) >= 11 is 0. The van der Waals surface area contributed by atoms with Gasteiger partial charge in [0.1, 0.15) is 0 Å². The Balaban J connectivity index is 2.28. The van der Waals surface area contributed by atoms with Crippen molar-refractivity contribution in [1.82, 2.24) is 0 Å². The van der Waals surface area contributed by atoms with Crippen molar-refractivity contribution in [1.29, 1.82) is 5.26 Å². The molecule has 0 aromatic heterocycles. The highest BCUT2D eigenvalue weighted by molar-refractivity contribution is 5.32. The zero-order valence-corrected chi connectivity index (χ0v) is 8.87. The number of nitriles is 1. The van der Waals surface area contributed by atoms with Crippen LogP contribution in [0.25, 0.3) is 0 Å². The summed E-state index contributed by atoms with van der Waals surface area (Å²) in [6.07, 6.45) is 1.85. The number of rotatable bonds is 1. The number of nitrogens with zero attached hydrogens (tertiary/aromatic N) is 1. The molecule has 0 atom stereocenters. The summed E-state index contributed by atoms with van der Waals surface area (Å²) in [4.78, 5) is 1.29. The van der Waals surface area contributed by atoms with Crippen LogP contribution in [0.2, 0.25) is 0 Å². The smallest absolute Gasteiger partial charge is 0.0927 e. The molecule has 15 heavy (non-hydrogen) atoms. The first kappa shape index (κ1) is 10.2. The molecule has 1 aromatic rings. The van der Waals surface area contributed by atoms with E-state index < -0.39 is 0 Å². The molecular weight excluding hydrogens is 184 g/mol. The highest BCUT2D eigenvalue weighted by atomic mass is 15.1. The lowest BCUT2D eigenvalue weighted by Crippen LogP contribution is -3.08. The molecule has 0 spiro atoms. The highest BCUT2D eigenvalue weighted by Crippen LogP contribution is 2.31. The molecule has 0 bridgehead atoms. The molecule has 0 amide bonds. The van der Waals surface area contributed by atoms with Crippen LogP contribution in [0.4, 0.5) is 0 Å². The van der Waals surface area contributed by atoms with E-state index in [1.807, 2.05) is 18.2 Å². The normalized spacial score (nSPS) is 30.8. The van der Waals surface area contributed by atoms with Gasteiger partial charge in [0.2, 0.25) is 0 Å². The maximum atomic E-state index is 9.40. The van der Waals surface area contributed by atoms with Crippen LogP contribution in [0, 0.1) is 18.4 Å². The molecule has 1 aliphatic heterocycles. The quantitative estimate of drug-likeness (QED) is 0.671. The number of hydrogen-bond acceptors (Lipinski definition) is 1. The van der Waals surface area contributed by atoms with E-state index >= 15 is 0 Å². The Labute approximate surface area is 91.1 Å². The van der Waals surface area contributed by atoms with Crippen LogP contribution >= 0.6 is 0 Å². The van der Waals surface area contributed by atoms with Crippen LogP contribution in [-0.2, 0) is 5.41 Å². The number of quaternary nitrogens is 1. The van der Waals surface area contributed by atoms with Crippen molar-refractivity contribution in [2.24, 2.45) is 0 Å². The molecule has 78 valence electrons. The van der Waals surface area contributed by atoms with Crippen molar-refractivity contribution in [2.75, 3.05) is 13.1 Å². The van der Waals surface area contributed by atoms with E-state index in [0.717, 1.165) is 25.9 Å². The lowest BCUT2D eigenvalue weighted by molar-refractivity contribution is -0.860. The topological polar surface area (TPSA) is 28.2 Å². The third-order valence-corrected chi connectivity index (χ3v) is 3.35. The minimum atomic E-state index is -0.261. The van der Waals surface area contributed by atoms with Gasteiger partial charge in [-0.25, -0.2) is 0 Å². The number of nitrogens with one attached hydrogen (secondary N) is 1. The fraction of sp³-hybridized carbons (Fsp3) is 0.385. The van der Waals surface area contributed by atoms with Crippen molar-refractivity contribution < 1.29 is 4.90 Å². The van der Waals surface area contributed by atoms with Gasteiger partial charge in [0.25, 0.3) is 0 Å². The van der Waals surface area contributed by atoms with E-state index in [9.17, 15) is 5.26 Å². The lowest BCUT2D eigenvalue weighted by Gasteiger charge is -2.36. The van der Waals surface area contributed by atoms with Crippen LogP contribution in [-0.4, -0.2) is 13.1 Å². The van der Waals surface area contributed by atoms with Crippen LogP contribution in [0.1, 0.15) is 18.4 Å². The molecule has 0 aliphatic carbocycles. The molecule has 2 rings (SSSR count). The van der Waals surface area contributed by atoms with Gasteiger partial charge >= 0.3 is 0 Å². The zero-order valence-electron chi connectivity index (χ0n) is 8.87. The molecule has 0 saturated carbocycles. The van der Waals surface area contributed by atoms with Gasteiger partial charge in [0.15, 0.2) is 0 Å². The monoisotopic (exact) mass is 200 g/mol. The van der Waals surface area contributed by atoms with Gasteiger partial charge in [0.05, 0.1) is 24.6 Å². The van der Waals surface area contributed by atoms with Gasteiger partial charge in [-0.1, -0.05) is 30.3 Å². The molecule has 0 radical (unpaired) electrons. The largest absolute Gasteiger partial charge is 0.468 e. The molecular formula is C13H16N2. The Hall–Kier alpha value is -1.33. The average molecular weight is 200 g/mol. The molecule has 0 unspecified atom stereocenters. The van der Waals surface area contributed by atoms with E-state index in [-0.39, 0.29) is 5.41 Å². The van der Waals surface area contributed by atoms with Crippen molar-refractivity contribution in [3.8, 4) is 6.07 Å². The van der Waals surface area contributed by atoms with E-state index in [4.69, 9.17) is 0 Å². The maximum absolute atomic E-state index is 9.40. The molecule has 1 saturated heterocycles. The maximum Gasteiger partial charge on any atom is 0.0927 e. The summed E-state index contributed by atoms with van der Waals surface area (Å²) in [5, 5.41) is 9.40. The highest BCUT2D eigenvalue weighted by Gasteiger charge is 2.36. The average Bonchev–Trinajstić information content (AvgIpc) is 2.32. The number of piperidine rings is 1. The minimum absolute atomic E-state index is 0.261. The first-order valence-electron chi connectivity index (χ1n) is 5.40. The van der Waals surface area contributed by atoms with E-state index in [1.54, 1.807) is 0 Å². The second-order valence-corrected chi connectivity index (χ2v) is 4.31. The Morgan fingerprint density at radius 3 is 2.33 bits per heavy atom. The fourth-order valence-electron chi connectivity index (χ4n) is 2.25. The van der Waals surface area contributed by atoms with E-state index in [2.05, 4.69) is 25.2 Å². The van der Waals surface area contributed by atoms with Gasteiger partial charge < -0.3 is 4.90 Å². The Bertz CT molecular complexity index is 356. The molecule has 2 heteroatoms. The van der Waals surface area contributed by atoms with E-state index in [1.165, 1.54) is 10.5 Å². The van der Waals surface area contributed by atoms with Crippen LogP contribution in [0.5, 0.6) is 0 Å². The van der Waals surface area contributed by atoms with Gasteiger partial charge in [-0.15, -0.1) is 0 Å². The summed E-state index contributed by atoms with van der Waals surface area (Å²) in [6.45, 7) is 1.98. The standard InChI is InChI=1S/C13H16N2/c1-15-9-7-13(11-14,8-10-15)12-5-3-2-4-6-12/h2-6,15H,1,7-10H2. The number of likely N-dealkylation sites (tertiary alicyclic amines) is 1. The third-order valence-electron chi connectivity index (χ3n) is 3.35. The predicted molar refractivity (Wildman–Crippen MR) is 59.0 cm³/mol. The molecule has 1 heterocycles. The van der Waals surface area contributed by atoms with Gasteiger partial charge in [-0.2, -0.15) is 12.3 Å². The summed E-state index contributed by atoms with van der Waals surface area (Å²) in [5.41, 5.74) is 0.905. The Kier molecular flexibility index (Phi) is 2.75. The van der Waals surface area contributed by atoms with Gasteiger partial charge in [0, 0.05) is 12.8 Å². The Morgan fingerprint density at radius 2 is 1.80 bits per heavy atom. The fourth-order valence-corrected chi connectivity index (χ4v) is 2.25. The molecule has 1 N–H and O–H groups in total. The zero-order chi connectivity index (χ0) is 10.7. The third kappa shape index (κ3) is 1.88. The number of hydrogen-bond donors (Lipinski definition) is 1. The first-order chi connectivity index (χ1) is 7.27. The molecule has 1 aromatic carbocycles. The van der Waals surface area contributed by atoms with Crippen molar-refractivity contribution in [2.45, 2.75) is 18.3 Å². The summed E-state index contributed by atoms with van der Waals surface area (Å²) in [7, 11) is 4.00. The Morgan fingerprint density at radius 1 is 1.20 bits per heavy atom. The summed E-state index contributed by atoms with van der Waals surface area (Å²) < 4.78 is 0. The van der Waals surface area contributed by atoms with Crippen LogP contribution in [0.3, 0.4) is 0 Å². The van der Waals surface area contributed by atoms with E-state index in [0.29, 0.717) is 0 Å². The molecule has 2 nitrogen and oxygen atoms in total. The van der Waals surface area contributed by atoms with Gasteiger partial charge in [-0.05, 0) is 5.56 Å². The second kappa shape index (κ2) is 4.04. The van der Waals surface area contributed by atoms with Crippen LogP contribution in [0.15, 0.2) is 30.3 Å². The lowest BCUT2D eigenvalue weighted by atomic mass is 9.74. The molecule has 1 aliphatic rings. The summed E-state index contributed by atoms with van der Waals surface area (Å²) in [6, 6.07) is 12.7. The van der Waals surface area contributed by atoms with Crippen molar-refractivity contribution in [3.05, 3.63) is 42.9 Å². The van der Waals surface area contributed by atoms with Crippen molar-refractivity contribution in [3.63, 3.8) is 0 Å². The number of benzene rings is 1. The SMILES string of the molecule is [CH2-][NH+]1CCC(C#N)(c2ccccc2)CC1. The minimum Gasteiger partial charge on any atom is -0.468 e. The second-order valence-electron chi connectivity index (χ2n) is 4.31. The first-order valence-corrected chi connectivity index (χ1v) is 5.40. The van der Waals surface area contributed by atoms with Gasteiger partial charge in [-0.3, -0.25) is 0 Å². The molecule has 1 fully saturated rings. The predicted octanol–water partition coefficient (Wildman–Crippen LogP) is 0.918. The summed E-state index contributed by atoms with van der Waals surface area (Å²) in [5.74, 6) is 0. The van der Waals surface area contributed by atoms with Crippen LogP contribution < -0.4 is 4.90 Å².